The van der Waals surface area contributed by atoms with Gasteiger partial charge in [-0.1, -0.05) is 49.8 Å². The Hall–Kier alpha value is -2.99. The van der Waals surface area contributed by atoms with Crippen LogP contribution in [0.5, 0.6) is 0 Å². The maximum Gasteiger partial charge on any atom is 0.247 e. The molecule has 3 unspecified atom stereocenters. The number of benzene rings is 1. The fourth-order valence-electron chi connectivity index (χ4n) is 5.73. The predicted molar refractivity (Wildman–Crippen MR) is 140 cm³/mol. The van der Waals surface area contributed by atoms with Crippen LogP contribution in [-0.4, -0.2) is 52.8 Å². The Morgan fingerprint density at radius 3 is 2.46 bits per heavy atom. The van der Waals surface area contributed by atoms with E-state index in [1.165, 1.54) is 12.0 Å². The van der Waals surface area contributed by atoms with Crippen molar-refractivity contribution in [2.24, 2.45) is 23.7 Å². The minimum Gasteiger partial charge on any atom is -0.421 e. The van der Waals surface area contributed by atoms with Crippen LogP contribution in [0.3, 0.4) is 0 Å². The summed E-state index contributed by atoms with van der Waals surface area (Å²) in [6.07, 6.45) is 6.44. The Morgan fingerprint density at radius 2 is 1.74 bits per heavy atom. The highest BCUT2D eigenvalue weighted by Gasteiger charge is 2.34. The Morgan fingerprint density at radius 1 is 0.971 bits per heavy atom. The van der Waals surface area contributed by atoms with Gasteiger partial charge in [-0.2, -0.15) is 0 Å². The first kappa shape index (κ1) is 23.7. The molecule has 2 aromatic heterocycles. The highest BCUT2D eigenvalue weighted by molar-refractivity contribution is 5.51. The zero-order chi connectivity index (χ0) is 24.2. The summed E-state index contributed by atoms with van der Waals surface area (Å²) in [4.78, 5) is 9.58. The predicted octanol–water partition coefficient (Wildman–Crippen LogP) is 5.35. The topological polar surface area (TPSA) is 58.3 Å². The molecule has 6 nitrogen and oxygen atoms in total. The highest BCUT2D eigenvalue weighted by Crippen LogP contribution is 2.39. The van der Waals surface area contributed by atoms with Gasteiger partial charge in [-0.3, -0.25) is 4.90 Å². The Labute approximate surface area is 209 Å². The molecule has 35 heavy (non-hydrogen) atoms. The Bertz CT molecular complexity index is 1100. The van der Waals surface area contributed by atoms with Gasteiger partial charge in [0.1, 0.15) is 5.82 Å². The largest absolute Gasteiger partial charge is 0.421 e. The number of rotatable bonds is 7. The van der Waals surface area contributed by atoms with E-state index >= 15 is 0 Å². The molecule has 184 valence electrons. The van der Waals surface area contributed by atoms with Crippen LogP contribution in [0.1, 0.15) is 33.1 Å². The SMILES string of the molecule is CC1=CC(CN2CCN(c3ccccn3)CC2)C(C(C)C)CC1Cc1nnc(-c2ccccc2)o1. The molecule has 1 fully saturated rings. The summed E-state index contributed by atoms with van der Waals surface area (Å²) in [5.41, 5.74) is 2.45. The highest BCUT2D eigenvalue weighted by atomic mass is 16.4. The minimum atomic E-state index is 0.462. The van der Waals surface area contributed by atoms with Crippen molar-refractivity contribution in [2.45, 2.75) is 33.6 Å². The van der Waals surface area contributed by atoms with E-state index in [4.69, 9.17) is 4.42 Å². The molecule has 0 N–H and O–H groups in total. The van der Waals surface area contributed by atoms with E-state index in [0.717, 1.165) is 56.4 Å². The monoisotopic (exact) mass is 471 g/mol. The van der Waals surface area contributed by atoms with Gasteiger partial charge in [0, 0.05) is 50.9 Å². The maximum absolute atomic E-state index is 6.04. The summed E-state index contributed by atoms with van der Waals surface area (Å²) in [6, 6.07) is 16.2. The minimum absolute atomic E-state index is 0.462. The van der Waals surface area contributed by atoms with E-state index in [1.54, 1.807) is 0 Å². The lowest BCUT2D eigenvalue weighted by Crippen LogP contribution is -2.49. The van der Waals surface area contributed by atoms with E-state index in [2.05, 4.69) is 64.0 Å². The molecule has 2 aliphatic rings. The number of allylic oxidation sites excluding steroid dienone is 1. The summed E-state index contributed by atoms with van der Waals surface area (Å²) < 4.78 is 6.04. The van der Waals surface area contributed by atoms with Crippen molar-refractivity contribution in [2.75, 3.05) is 37.6 Å². The van der Waals surface area contributed by atoms with Crippen molar-refractivity contribution in [1.82, 2.24) is 20.1 Å². The van der Waals surface area contributed by atoms with Crippen LogP contribution in [0.2, 0.25) is 0 Å². The molecular weight excluding hydrogens is 434 g/mol. The Balaban J connectivity index is 1.22. The first-order valence-corrected chi connectivity index (χ1v) is 13.0. The molecule has 6 heteroatoms. The molecule has 1 aliphatic heterocycles. The van der Waals surface area contributed by atoms with E-state index < -0.39 is 0 Å². The number of piperazine rings is 1. The van der Waals surface area contributed by atoms with Gasteiger partial charge >= 0.3 is 0 Å². The lowest BCUT2D eigenvalue weighted by Gasteiger charge is -2.41. The standard InChI is InChI=1S/C29H37N5O/c1-21(2)26-18-24(19-28-31-32-29(35-28)23-9-5-4-6-10-23)22(3)17-25(26)20-33-13-15-34(16-14-33)27-11-7-8-12-30-27/h4-12,17,21,24-26H,13-16,18-20H2,1-3H3. The van der Waals surface area contributed by atoms with Crippen LogP contribution >= 0.6 is 0 Å². The summed E-state index contributed by atoms with van der Waals surface area (Å²) >= 11 is 0. The number of hydrogen-bond acceptors (Lipinski definition) is 6. The third-order valence-electron chi connectivity index (χ3n) is 7.81. The third-order valence-corrected chi connectivity index (χ3v) is 7.81. The maximum atomic E-state index is 6.04. The lowest BCUT2D eigenvalue weighted by molar-refractivity contribution is 0.155. The molecule has 1 aliphatic carbocycles. The van der Waals surface area contributed by atoms with E-state index in [1.807, 2.05) is 42.6 Å². The second-order valence-electron chi connectivity index (χ2n) is 10.5. The van der Waals surface area contributed by atoms with E-state index in [0.29, 0.717) is 29.6 Å². The molecule has 5 rings (SSSR count). The number of anilines is 1. The molecule has 0 saturated carbocycles. The van der Waals surface area contributed by atoms with Gasteiger partial charge in [0.15, 0.2) is 0 Å². The van der Waals surface area contributed by atoms with Gasteiger partial charge in [0.25, 0.3) is 0 Å². The molecule has 3 heterocycles. The first-order valence-electron chi connectivity index (χ1n) is 13.0. The number of nitrogens with zero attached hydrogens (tertiary/aromatic N) is 5. The molecule has 1 aromatic carbocycles. The van der Waals surface area contributed by atoms with Gasteiger partial charge < -0.3 is 9.32 Å². The van der Waals surface area contributed by atoms with Gasteiger partial charge in [-0.25, -0.2) is 4.98 Å². The summed E-state index contributed by atoms with van der Waals surface area (Å²) in [5.74, 6) is 4.81. The van der Waals surface area contributed by atoms with Crippen molar-refractivity contribution in [3.8, 4) is 11.5 Å². The second kappa shape index (κ2) is 10.7. The van der Waals surface area contributed by atoms with Crippen molar-refractivity contribution in [3.63, 3.8) is 0 Å². The molecular formula is C29H37N5O. The van der Waals surface area contributed by atoms with Gasteiger partial charge in [0.2, 0.25) is 11.8 Å². The number of pyridine rings is 1. The van der Waals surface area contributed by atoms with Crippen LogP contribution in [-0.2, 0) is 6.42 Å². The Kier molecular flexibility index (Phi) is 7.28. The fourth-order valence-corrected chi connectivity index (χ4v) is 5.73. The molecule has 0 bridgehead atoms. The van der Waals surface area contributed by atoms with Crippen molar-refractivity contribution in [3.05, 3.63) is 72.3 Å². The van der Waals surface area contributed by atoms with Crippen molar-refractivity contribution >= 4 is 5.82 Å². The molecule has 0 spiro atoms. The average Bonchev–Trinajstić information content (AvgIpc) is 3.35. The van der Waals surface area contributed by atoms with Crippen LogP contribution in [0.4, 0.5) is 5.82 Å². The van der Waals surface area contributed by atoms with Gasteiger partial charge in [-0.05, 0) is 61.3 Å². The van der Waals surface area contributed by atoms with Crippen molar-refractivity contribution < 1.29 is 4.42 Å². The number of aromatic nitrogens is 3. The van der Waals surface area contributed by atoms with Crippen LogP contribution in [0.15, 0.2) is 70.8 Å². The molecule has 3 aromatic rings. The molecule has 0 amide bonds. The zero-order valence-electron chi connectivity index (χ0n) is 21.2. The van der Waals surface area contributed by atoms with Crippen molar-refractivity contribution in [1.29, 1.82) is 0 Å². The number of hydrogen-bond donors (Lipinski definition) is 0. The van der Waals surface area contributed by atoms with Gasteiger partial charge in [0.05, 0.1) is 0 Å². The average molecular weight is 472 g/mol. The molecule has 1 saturated heterocycles. The fraction of sp³-hybridized carbons (Fsp3) is 0.483. The third kappa shape index (κ3) is 5.64. The van der Waals surface area contributed by atoms with E-state index in [9.17, 15) is 0 Å². The van der Waals surface area contributed by atoms with E-state index in [-0.39, 0.29) is 0 Å². The van der Waals surface area contributed by atoms with Gasteiger partial charge in [-0.15, -0.1) is 10.2 Å². The second-order valence-corrected chi connectivity index (χ2v) is 10.5. The first-order chi connectivity index (χ1) is 17.1. The summed E-state index contributed by atoms with van der Waals surface area (Å²) in [6.45, 7) is 12.5. The van der Waals surface area contributed by atoms with Crippen LogP contribution in [0.25, 0.3) is 11.5 Å². The van der Waals surface area contributed by atoms with Crippen LogP contribution in [0, 0.1) is 23.7 Å². The molecule has 3 atom stereocenters. The van der Waals surface area contributed by atoms with Crippen LogP contribution < -0.4 is 4.90 Å². The molecule has 0 radical (unpaired) electrons. The smallest absolute Gasteiger partial charge is 0.247 e. The quantitative estimate of drug-likeness (QED) is 0.433. The lowest BCUT2D eigenvalue weighted by atomic mass is 9.69. The summed E-state index contributed by atoms with van der Waals surface area (Å²) in [7, 11) is 0. The summed E-state index contributed by atoms with van der Waals surface area (Å²) in [5, 5.41) is 8.67. The normalized spacial score (nSPS) is 23.5. The zero-order valence-corrected chi connectivity index (χ0v) is 21.2.